The molecule has 158 valence electrons. The van der Waals surface area contributed by atoms with Crippen LogP contribution in [0.2, 0.25) is 0 Å². The number of fused-ring (bicyclic) bond motifs is 1. The summed E-state index contributed by atoms with van der Waals surface area (Å²) in [7, 11) is 0. The second-order valence-corrected chi connectivity index (χ2v) is 8.06. The van der Waals surface area contributed by atoms with E-state index in [0.29, 0.717) is 24.1 Å². The fourth-order valence-electron chi connectivity index (χ4n) is 4.00. The molecule has 1 aliphatic carbocycles. The number of nitrogens with zero attached hydrogens (tertiary/aromatic N) is 5. The fourth-order valence-corrected chi connectivity index (χ4v) is 4.00. The second kappa shape index (κ2) is 8.62. The van der Waals surface area contributed by atoms with Gasteiger partial charge in [-0.05, 0) is 61.9 Å². The first-order chi connectivity index (χ1) is 15.0. The van der Waals surface area contributed by atoms with E-state index in [1.54, 1.807) is 11.2 Å². The maximum Gasteiger partial charge on any atom is 0.373 e. The van der Waals surface area contributed by atoms with Crippen molar-refractivity contribution in [2.24, 2.45) is 0 Å². The molecule has 0 radical (unpaired) electrons. The van der Waals surface area contributed by atoms with Crippen LogP contribution in [0.25, 0.3) is 11.5 Å². The first kappa shape index (κ1) is 20.6. The van der Waals surface area contributed by atoms with Gasteiger partial charge in [0.2, 0.25) is 0 Å². The molecule has 0 bridgehead atoms. The van der Waals surface area contributed by atoms with Crippen LogP contribution in [-0.4, -0.2) is 31.8 Å². The Kier molecular flexibility index (Phi) is 5.73. The highest BCUT2D eigenvalue weighted by atomic mass is 16.2. The summed E-state index contributed by atoms with van der Waals surface area (Å²) in [5.74, 6) is 2.03. The maximum atomic E-state index is 13.1. The second-order valence-electron chi connectivity index (χ2n) is 8.06. The third-order valence-corrected chi connectivity index (χ3v) is 5.88. The summed E-state index contributed by atoms with van der Waals surface area (Å²) in [5.41, 5.74) is 3.92. The zero-order valence-electron chi connectivity index (χ0n) is 17.5. The molecule has 31 heavy (non-hydrogen) atoms. The standard InChI is InChI=1S/C22H23N5O.CO2/c1-14(2)27-13-23-25-21(27)19-7-4-8-20(24-19)26-12-17-10-9-16(15-5-3-6-15)11-18(17)22(26)28;2-1-3/h4,7-11,13-15H,3,5-6,12H2,1-2H3;. The number of anilines is 1. The number of hydrogen-bond acceptors (Lipinski definition) is 6. The highest BCUT2D eigenvalue weighted by Gasteiger charge is 2.31. The van der Waals surface area contributed by atoms with E-state index in [4.69, 9.17) is 14.6 Å². The Bertz CT molecular complexity index is 1140. The largest absolute Gasteiger partial charge is 0.373 e. The van der Waals surface area contributed by atoms with Crippen LogP contribution >= 0.6 is 0 Å². The number of carbonyl (C=O) groups excluding carboxylic acids is 3. The molecule has 0 spiro atoms. The Hall–Kier alpha value is -3.64. The summed E-state index contributed by atoms with van der Waals surface area (Å²) in [6, 6.07) is 12.4. The van der Waals surface area contributed by atoms with Crippen molar-refractivity contribution in [2.75, 3.05) is 4.90 Å². The minimum Gasteiger partial charge on any atom is -0.310 e. The molecular formula is C23H23N5O3. The summed E-state index contributed by atoms with van der Waals surface area (Å²) >= 11 is 0. The fraction of sp³-hybridized carbons (Fsp3) is 0.348. The van der Waals surface area contributed by atoms with Crippen LogP contribution in [0.1, 0.15) is 66.6 Å². The zero-order chi connectivity index (χ0) is 22.0. The lowest BCUT2D eigenvalue weighted by Crippen LogP contribution is -2.24. The highest BCUT2D eigenvalue weighted by Crippen LogP contribution is 2.38. The van der Waals surface area contributed by atoms with E-state index in [0.717, 1.165) is 16.8 Å². The van der Waals surface area contributed by atoms with Gasteiger partial charge in [0, 0.05) is 11.6 Å². The van der Waals surface area contributed by atoms with Crippen molar-refractivity contribution < 1.29 is 14.4 Å². The zero-order valence-corrected chi connectivity index (χ0v) is 17.5. The topological polar surface area (TPSA) is 98.1 Å². The van der Waals surface area contributed by atoms with Crippen LogP contribution in [0.4, 0.5) is 5.82 Å². The molecule has 8 nitrogen and oxygen atoms in total. The van der Waals surface area contributed by atoms with Gasteiger partial charge < -0.3 is 4.57 Å². The van der Waals surface area contributed by atoms with Gasteiger partial charge in [-0.25, -0.2) is 4.98 Å². The molecule has 1 fully saturated rings. The molecule has 0 N–H and O–H groups in total. The van der Waals surface area contributed by atoms with E-state index in [1.807, 2.05) is 22.8 Å². The molecule has 1 amide bonds. The van der Waals surface area contributed by atoms with Gasteiger partial charge in [-0.15, -0.1) is 10.2 Å². The lowest BCUT2D eigenvalue weighted by molar-refractivity contribution is -0.191. The van der Waals surface area contributed by atoms with E-state index < -0.39 is 0 Å². The SMILES string of the molecule is CC(C)n1cnnc1-c1cccc(N2Cc3ccc(C4CCC4)cc3C2=O)n1.O=C=O. The van der Waals surface area contributed by atoms with Gasteiger partial charge in [0.15, 0.2) is 5.82 Å². The minimum atomic E-state index is 0.0335. The van der Waals surface area contributed by atoms with Gasteiger partial charge in [-0.3, -0.25) is 9.69 Å². The summed E-state index contributed by atoms with van der Waals surface area (Å²) in [4.78, 5) is 35.9. The molecule has 3 heterocycles. The van der Waals surface area contributed by atoms with Gasteiger partial charge in [-0.1, -0.05) is 24.6 Å². The number of benzene rings is 1. The number of amides is 1. The van der Waals surface area contributed by atoms with Gasteiger partial charge in [0.25, 0.3) is 5.91 Å². The predicted octanol–water partition coefficient (Wildman–Crippen LogP) is 3.77. The minimum absolute atomic E-state index is 0.0335. The maximum absolute atomic E-state index is 13.1. The number of pyridine rings is 1. The molecule has 0 unspecified atom stereocenters. The van der Waals surface area contributed by atoms with Gasteiger partial charge >= 0.3 is 6.15 Å². The normalized spacial score (nSPS) is 15.2. The van der Waals surface area contributed by atoms with E-state index >= 15 is 0 Å². The molecule has 8 heteroatoms. The lowest BCUT2D eigenvalue weighted by Gasteiger charge is -2.26. The number of aromatic nitrogens is 4. The van der Waals surface area contributed by atoms with Crippen LogP contribution in [0.15, 0.2) is 42.7 Å². The van der Waals surface area contributed by atoms with Gasteiger partial charge in [0.1, 0.15) is 17.8 Å². The Labute approximate surface area is 179 Å². The summed E-state index contributed by atoms with van der Waals surface area (Å²) in [6.45, 7) is 4.72. The Morgan fingerprint density at radius 1 is 1.13 bits per heavy atom. The Morgan fingerprint density at radius 2 is 1.90 bits per heavy atom. The van der Waals surface area contributed by atoms with Crippen LogP contribution in [-0.2, 0) is 16.1 Å². The van der Waals surface area contributed by atoms with Crippen molar-refractivity contribution >= 4 is 17.9 Å². The van der Waals surface area contributed by atoms with Crippen LogP contribution in [0.3, 0.4) is 0 Å². The monoisotopic (exact) mass is 417 g/mol. The number of hydrogen-bond donors (Lipinski definition) is 0. The first-order valence-electron chi connectivity index (χ1n) is 10.3. The average Bonchev–Trinajstić information content (AvgIpc) is 3.33. The molecule has 3 aromatic rings. The van der Waals surface area contributed by atoms with Crippen molar-refractivity contribution in [1.82, 2.24) is 19.7 Å². The summed E-state index contributed by atoms with van der Waals surface area (Å²) in [6.07, 6.45) is 5.72. The number of carbonyl (C=O) groups is 1. The molecule has 1 aromatic carbocycles. The first-order valence-corrected chi connectivity index (χ1v) is 10.3. The molecule has 2 aromatic heterocycles. The summed E-state index contributed by atoms with van der Waals surface area (Å²) in [5, 5.41) is 8.25. The molecule has 1 saturated carbocycles. The van der Waals surface area contributed by atoms with Crippen LogP contribution in [0.5, 0.6) is 0 Å². The van der Waals surface area contributed by atoms with E-state index in [9.17, 15) is 4.79 Å². The van der Waals surface area contributed by atoms with Crippen molar-refractivity contribution in [3.8, 4) is 11.5 Å². The lowest BCUT2D eigenvalue weighted by atomic mass is 9.79. The highest BCUT2D eigenvalue weighted by molar-refractivity contribution is 6.09. The van der Waals surface area contributed by atoms with Crippen molar-refractivity contribution in [3.05, 3.63) is 59.4 Å². The third kappa shape index (κ3) is 3.90. The van der Waals surface area contributed by atoms with E-state index in [-0.39, 0.29) is 18.1 Å². The smallest absolute Gasteiger partial charge is 0.310 e. The number of rotatable bonds is 4. The van der Waals surface area contributed by atoms with E-state index in [1.165, 1.54) is 24.8 Å². The average molecular weight is 417 g/mol. The quantitative estimate of drug-likeness (QED) is 0.641. The van der Waals surface area contributed by atoms with Crippen LogP contribution in [0, 0.1) is 0 Å². The van der Waals surface area contributed by atoms with E-state index in [2.05, 4.69) is 42.2 Å². The van der Waals surface area contributed by atoms with Gasteiger partial charge in [0.05, 0.1) is 6.54 Å². The summed E-state index contributed by atoms with van der Waals surface area (Å²) < 4.78 is 1.98. The van der Waals surface area contributed by atoms with Crippen molar-refractivity contribution in [1.29, 1.82) is 0 Å². The van der Waals surface area contributed by atoms with Crippen molar-refractivity contribution in [2.45, 2.75) is 51.6 Å². The Balaban J connectivity index is 0.000000730. The molecule has 0 atom stereocenters. The van der Waals surface area contributed by atoms with Gasteiger partial charge in [-0.2, -0.15) is 9.59 Å². The van der Waals surface area contributed by atoms with Crippen LogP contribution < -0.4 is 4.90 Å². The molecule has 1 aliphatic heterocycles. The molecule has 2 aliphatic rings. The molecule has 5 rings (SSSR count). The molecular weight excluding hydrogens is 394 g/mol. The molecule has 0 saturated heterocycles. The predicted molar refractivity (Wildman–Crippen MR) is 112 cm³/mol. The Morgan fingerprint density at radius 3 is 2.58 bits per heavy atom. The van der Waals surface area contributed by atoms with Crippen molar-refractivity contribution in [3.63, 3.8) is 0 Å². The third-order valence-electron chi connectivity index (χ3n) is 5.88.